The van der Waals surface area contributed by atoms with E-state index in [0.29, 0.717) is 0 Å². The number of amidine groups is 1. The molecule has 0 heterocycles. The van der Waals surface area contributed by atoms with Crippen molar-refractivity contribution in [2.45, 2.75) is 6.54 Å². The fraction of sp³-hybridized carbons (Fsp3) is 0.133. The third kappa shape index (κ3) is 3.58. The summed E-state index contributed by atoms with van der Waals surface area (Å²) in [4.78, 5) is 2.16. The molecule has 0 radical (unpaired) electrons. The lowest BCUT2D eigenvalue weighted by molar-refractivity contribution is 0.923. The first-order valence-electron chi connectivity index (χ1n) is 5.96. The predicted octanol–water partition coefficient (Wildman–Crippen LogP) is 3.37. The van der Waals surface area contributed by atoms with Gasteiger partial charge in [0.25, 0.3) is 0 Å². The highest BCUT2D eigenvalue weighted by molar-refractivity contribution is 9.10. The lowest BCUT2D eigenvalue weighted by Gasteiger charge is -2.19. The number of nitrogens with one attached hydrogen (secondary N) is 1. The first-order chi connectivity index (χ1) is 9.06. The SMILES string of the molecule is CN(Cc1ccc(Br)cc1)c1ccc(C(=N)N)cc1. The molecule has 2 aromatic rings. The number of nitrogen functional groups attached to an aromatic ring is 1. The summed E-state index contributed by atoms with van der Waals surface area (Å²) in [5.74, 6) is 0.0992. The first kappa shape index (κ1) is 13.6. The maximum absolute atomic E-state index is 7.37. The van der Waals surface area contributed by atoms with Crippen molar-refractivity contribution in [2.24, 2.45) is 5.73 Å². The smallest absolute Gasteiger partial charge is 0.122 e. The van der Waals surface area contributed by atoms with Crippen molar-refractivity contribution in [1.82, 2.24) is 0 Å². The third-order valence-electron chi connectivity index (χ3n) is 2.95. The van der Waals surface area contributed by atoms with E-state index in [0.717, 1.165) is 22.3 Å². The van der Waals surface area contributed by atoms with Crippen molar-refractivity contribution in [3.63, 3.8) is 0 Å². The molecule has 98 valence electrons. The molecule has 0 bridgehead atoms. The Balaban J connectivity index is 2.09. The molecule has 0 aliphatic rings. The van der Waals surface area contributed by atoms with E-state index in [4.69, 9.17) is 11.1 Å². The van der Waals surface area contributed by atoms with Crippen LogP contribution in [0.2, 0.25) is 0 Å². The topological polar surface area (TPSA) is 53.1 Å². The molecule has 0 spiro atoms. The third-order valence-corrected chi connectivity index (χ3v) is 3.48. The lowest BCUT2D eigenvalue weighted by Crippen LogP contribution is -2.17. The lowest BCUT2D eigenvalue weighted by atomic mass is 10.1. The first-order valence-corrected chi connectivity index (χ1v) is 6.75. The molecule has 4 heteroatoms. The maximum atomic E-state index is 7.37. The number of nitrogens with zero attached hydrogens (tertiary/aromatic N) is 1. The van der Waals surface area contributed by atoms with Crippen LogP contribution in [0.1, 0.15) is 11.1 Å². The molecule has 3 nitrogen and oxygen atoms in total. The van der Waals surface area contributed by atoms with E-state index in [1.165, 1.54) is 5.56 Å². The second-order valence-corrected chi connectivity index (χ2v) is 5.36. The van der Waals surface area contributed by atoms with Gasteiger partial charge < -0.3 is 10.6 Å². The molecule has 0 saturated heterocycles. The van der Waals surface area contributed by atoms with Crippen molar-refractivity contribution in [3.8, 4) is 0 Å². The molecule has 2 rings (SSSR count). The molecular formula is C15H16BrN3. The molecule has 3 N–H and O–H groups in total. The zero-order chi connectivity index (χ0) is 13.8. The van der Waals surface area contributed by atoms with Crippen molar-refractivity contribution >= 4 is 27.5 Å². The fourth-order valence-electron chi connectivity index (χ4n) is 1.85. The van der Waals surface area contributed by atoms with Gasteiger partial charge in [-0.2, -0.15) is 0 Å². The van der Waals surface area contributed by atoms with Crippen molar-refractivity contribution in [2.75, 3.05) is 11.9 Å². The van der Waals surface area contributed by atoms with Gasteiger partial charge >= 0.3 is 0 Å². The largest absolute Gasteiger partial charge is 0.384 e. The van der Waals surface area contributed by atoms with Crippen LogP contribution >= 0.6 is 15.9 Å². The second-order valence-electron chi connectivity index (χ2n) is 4.44. The number of hydrogen-bond acceptors (Lipinski definition) is 2. The Labute approximate surface area is 121 Å². The maximum Gasteiger partial charge on any atom is 0.122 e. The van der Waals surface area contributed by atoms with Crippen LogP contribution in [0.4, 0.5) is 5.69 Å². The monoisotopic (exact) mass is 317 g/mol. The standard InChI is InChI=1S/C15H16BrN3/c1-19(10-11-2-6-13(16)7-3-11)14-8-4-12(5-9-14)15(17)18/h2-9H,10H2,1H3,(H3,17,18). The average molecular weight is 318 g/mol. The summed E-state index contributed by atoms with van der Waals surface area (Å²) in [7, 11) is 2.05. The van der Waals surface area contributed by atoms with Gasteiger partial charge in [-0.05, 0) is 42.0 Å². The minimum atomic E-state index is 0.0992. The number of anilines is 1. The van der Waals surface area contributed by atoms with E-state index in [2.05, 4.69) is 33.0 Å². The fourth-order valence-corrected chi connectivity index (χ4v) is 2.11. The Morgan fingerprint density at radius 2 is 1.68 bits per heavy atom. The summed E-state index contributed by atoms with van der Waals surface area (Å²) in [5, 5.41) is 7.37. The highest BCUT2D eigenvalue weighted by atomic mass is 79.9. The van der Waals surface area contributed by atoms with Crippen LogP contribution in [-0.4, -0.2) is 12.9 Å². The van der Waals surface area contributed by atoms with Crippen LogP contribution in [0.3, 0.4) is 0 Å². The Morgan fingerprint density at radius 3 is 2.21 bits per heavy atom. The molecule has 0 unspecified atom stereocenters. The van der Waals surface area contributed by atoms with Crippen LogP contribution in [0.25, 0.3) is 0 Å². The van der Waals surface area contributed by atoms with Gasteiger partial charge in [-0.15, -0.1) is 0 Å². The Bertz CT molecular complexity index is 561. The minimum Gasteiger partial charge on any atom is -0.384 e. The molecule has 0 fully saturated rings. The van der Waals surface area contributed by atoms with Crippen molar-refractivity contribution in [3.05, 3.63) is 64.1 Å². The number of halogens is 1. The van der Waals surface area contributed by atoms with E-state index in [9.17, 15) is 0 Å². The van der Waals surface area contributed by atoms with Crippen LogP contribution < -0.4 is 10.6 Å². The molecular weight excluding hydrogens is 302 g/mol. The summed E-state index contributed by atoms with van der Waals surface area (Å²) < 4.78 is 1.09. The molecule has 19 heavy (non-hydrogen) atoms. The average Bonchev–Trinajstić information content (AvgIpc) is 2.41. The summed E-state index contributed by atoms with van der Waals surface area (Å²) in [6, 6.07) is 16.0. The zero-order valence-electron chi connectivity index (χ0n) is 10.7. The van der Waals surface area contributed by atoms with Gasteiger partial charge in [0.15, 0.2) is 0 Å². The van der Waals surface area contributed by atoms with E-state index < -0.39 is 0 Å². The zero-order valence-corrected chi connectivity index (χ0v) is 12.3. The number of nitrogens with two attached hydrogens (primary N) is 1. The summed E-state index contributed by atoms with van der Waals surface area (Å²) in [6.07, 6.45) is 0. The summed E-state index contributed by atoms with van der Waals surface area (Å²) in [6.45, 7) is 0.840. The van der Waals surface area contributed by atoms with Gasteiger partial charge in [0.05, 0.1) is 0 Å². The molecule has 0 amide bonds. The van der Waals surface area contributed by atoms with Crippen LogP contribution in [0, 0.1) is 5.41 Å². The summed E-state index contributed by atoms with van der Waals surface area (Å²) in [5.41, 5.74) is 8.55. The number of hydrogen-bond donors (Lipinski definition) is 2. The highest BCUT2D eigenvalue weighted by Crippen LogP contribution is 2.17. The minimum absolute atomic E-state index is 0.0992. The Morgan fingerprint density at radius 1 is 1.11 bits per heavy atom. The van der Waals surface area contributed by atoms with Crippen molar-refractivity contribution < 1.29 is 0 Å². The quantitative estimate of drug-likeness (QED) is 0.671. The second kappa shape index (κ2) is 5.89. The molecule has 0 aliphatic carbocycles. The van der Waals surface area contributed by atoms with Crippen LogP contribution in [0.5, 0.6) is 0 Å². The van der Waals surface area contributed by atoms with Gasteiger partial charge in [-0.25, -0.2) is 0 Å². The van der Waals surface area contributed by atoms with Crippen molar-refractivity contribution in [1.29, 1.82) is 5.41 Å². The summed E-state index contributed by atoms with van der Waals surface area (Å²) >= 11 is 3.43. The van der Waals surface area contributed by atoms with Gasteiger partial charge in [0, 0.05) is 29.3 Å². The predicted molar refractivity (Wildman–Crippen MR) is 83.7 cm³/mol. The van der Waals surface area contributed by atoms with Gasteiger partial charge in [-0.3, -0.25) is 5.41 Å². The number of rotatable bonds is 4. The van der Waals surface area contributed by atoms with E-state index in [-0.39, 0.29) is 5.84 Å². The normalized spacial score (nSPS) is 10.2. The van der Waals surface area contributed by atoms with Gasteiger partial charge in [0.2, 0.25) is 0 Å². The van der Waals surface area contributed by atoms with Gasteiger partial charge in [-0.1, -0.05) is 28.1 Å². The Hall–Kier alpha value is -1.81. The molecule has 0 atom stereocenters. The number of benzene rings is 2. The molecule has 0 aromatic heterocycles. The van der Waals surface area contributed by atoms with E-state index in [1.807, 2.05) is 43.4 Å². The molecule has 2 aromatic carbocycles. The van der Waals surface area contributed by atoms with E-state index >= 15 is 0 Å². The van der Waals surface area contributed by atoms with E-state index in [1.54, 1.807) is 0 Å². The van der Waals surface area contributed by atoms with Gasteiger partial charge in [0.1, 0.15) is 5.84 Å². The molecule has 0 saturated carbocycles. The Kier molecular flexibility index (Phi) is 4.22. The highest BCUT2D eigenvalue weighted by Gasteiger charge is 2.03. The molecule has 0 aliphatic heterocycles. The van der Waals surface area contributed by atoms with Crippen LogP contribution in [-0.2, 0) is 6.54 Å². The van der Waals surface area contributed by atoms with Crippen LogP contribution in [0.15, 0.2) is 53.0 Å².